The van der Waals surface area contributed by atoms with Crippen LogP contribution in [0, 0.1) is 33.5 Å². The Balaban J connectivity index is 2.29. The first-order valence-corrected chi connectivity index (χ1v) is 11.6. The number of hydrogen-bond acceptors (Lipinski definition) is 5. The van der Waals surface area contributed by atoms with Crippen molar-refractivity contribution in [2.45, 2.75) is 51.1 Å². The molecule has 1 saturated heterocycles. The largest absolute Gasteiger partial charge is 0.481 e. The Bertz CT molecular complexity index is 1200. The van der Waals surface area contributed by atoms with Crippen LogP contribution in [0.4, 0.5) is 0 Å². The van der Waals surface area contributed by atoms with Crippen LogP contribution in [0.15, 0.2) is 60.7 Å². The van der Waals surface area contributed by atoms with Crippen molar-refractivity contribution in [3.63, 3.8) is 0 Å². The number of benzene rings is 2. The van der Waals surface area contributed by atoms with Gasteiger partial charge in [0.15, 0.2) is 0 Å². The van der Waals surface area contributed by atoms with E-state index >= 15 is 0 Å². The molecule has 0 amide bonds. The Morgan fingerprint density at radius 1 is 1.00 bits per heavy atom. The third-order valence-corrected chi connectivity index (χ3v) is 7.44. The highest BCUT2D eigenvalue weighted by molar-refractivity contribution is 5.84. The first kappa shape index (κ1) is 25.7. The van der Waals surface area contributed by atoms with E-state index in [1.165, 1.54) is 0 Å². The number of nitrogens with one attached hydrogen (secondary N) is 1. The molecule has 0 bridgehead atoms. The lowest BCUT2D eigenvalue weighted by Gasteiger charge is -2.57. The Hall–Kier alpha value is -3.94. The van der Waals surface area contributed by atoms with Crippen LogP contribution in [0.3, 0.4) is 0 Å². The monoisotopic (exact) mass is 471 g/mol. The summed E-state index contributed by atoms with van der Waals surface area (Å²) in [4.78, 5) is 26.2. The van der Waals surface area contributed by atoms with Crippen molar-refractivity contribution in [2.75, 3.05) is 0 Å². The van der Waals surface area contributed by atoms with E-state index < -0.39 is 40.8 Å². The average Bonchev–Trinajstić information content (AvgIpc) is 2.84. The summed E-state index contributed by atoms with van der Waals surface area (Å²) in [5.74, 6) is -3.29. The maximum atomic E-state index is 13.2. The maximum absolute atomic E-state index is 13.2. The highest BCUT2D eigenvalue weighted by atomic mass is 16.4. The number of nitrogens with zero attached hydrogens (tertiary/aromatic N) is 2. The van der Waals surface area contributed by atoms with Crippen LogP contribution in [0.2, 0.25) is 0 Å². The van der Waals surface area contributed by atoms with Crippen molar-refractivity contribution in [3.8, 4) is 12.1 Å². The molecule has 7 nitrogen and oxygen atoms in total. The molecule has 2 aromatic rings. The van der Waals surface area contributed by atoms with Gasteiger partial charge in [-0.05, 0) is 49.9 Å². The average molecular weight is 472 g/mol. The van der Waals surface area contributed by atoms with Crippen molar-refractivity contribution in [1.82, 2.24) is 5.32 Å². The fourth-order valence-corrected chi connectivity index (χ4v) is 5.70. The van der Waals surface area contributed by atoms with Gasteiger partial charge in [-0.25, -0.2) is 0 Å². The van der Waals surface area contributed by atoms with Crippen LogP contribution in [-0.4, -0.2) is 34.2 Å². The molecule has 35 heavy (non-hydrogen) atoms. The van der Waals surface area contributed by atoms with Gasteiger partial charge in [0.1, 0.15) is 0 Å². The number of carboxylic acids is 2. The minimum Gasteiger partial charge on any atom is -0.481 e. The number of allylic oxidation sites excluding steroid dienone is 1. The first-order chi connectivity index (χ1) is 16.7. The highest BCUT2D eigenvalue weighted by Crippen LogP contribution is 2.59. The SMILES string of the molecule is CC1NC(C)C(CCC#N)(C(=O)O)C(c2cccc(C#N)c2)C1(CC=Cc1ccccc1)C(=O)O. The van der Waals surface area contributed by atoms with Gasteiger partial charge >= 0.3 is 11.9 Å². The second kappa shape index (κ2) is 10.5. The molecule has 0 aliphatic carbocycles. The van der Waals surface area contributed by atoms with E-state index in [1.54, 1.807) is 44.2 Å². The number of nitriles is 2. The molecule has 5 atom stereocenters. The molecule has 0 radical (unpaired) electrons. The third kappa shape index (κ3) is 4.56. The molecule has 0 spiro atoms. The summed E-state index contributed by atoms with van der Waals surface area (Å²) in [6.07, 6.45) is 3.59. The fourth-order valence-electron chi connectivity index (χ4n) is 5.70. The van der Waals surface area contributed by atoms with Crippen LogP contribution in [0.1, 0.15) is 55.7 Å². The van der Waals surface area contributed by atoms with Crippen LogP contribution >= 0.6 is 0 Å². The Kier molecular flexibility index (Phi) is 7.74. The molecular formula is C28H29N3O4. The van der Waals surface area contributed by atoms with Gasteiger partial charge in [-0.15, -0.1) is 0 Å². The minimum absolute atomic E-state index is 0.0292. The topological polar surface area (TPSA) is 134 Å². The molecule has 7 heteroatoms. The summed E-state index contributed by atoms with van der Waals surface area (Å²) in [5, 5.41) is 43.5. The van der Waals surface area contributed by atoms with Gasteiger partial charge in [0.25, 0.3) is 0 Å². The van der Waals surface area contributed by atoms with Crippen molar-refractivity contribution in [1.29, 1.82) is 10.5 Å². The summed E-state index contributed by atoms with van der Waals surface area (Å²) < 4.78 is 0. The van der Waals surface area contributed by atoms with Crippen molar-refractivity contribution >= 4 is 18.0 Å². The molecule has 1 aliphatic heterocycles. The van der Waals surface area contributed by atoms with Crippen LogP contribution < -0.4 is 5.32 Å². The van der Waals surface area contributed by atoms with Crippen LogP contribution in [-0.2, 0) is 9.59 Å². The number of carboxylic acid groups (broad SMARTS) is 2. The lowest BCUT2D eigenvalue weighted by molar-refractivity contribution is -0.172. The van der Waals surface area contributed by atoms with Gasteiger partial charge < -0.3 is 15.5 Å². The summed E-state index contributed by atoms with van der Waals surface area (Å²) in [7, 11) is 0. The zero-order chi connectivity index (χ0) is 25.6. The summed E-state index contributed by atoms with van der Waals surface area (Å²) in [5.41, 5.74) is -1.45. The number of carbonyl (C=O) groups is 2. The Morgan fingerprint density at radius 3 is 2.26 bits per heavy atom. The van der Waals surface area contributed by atoms with Crippen molar-refractivity contribution in [3.05, 3.63) is 77.4 Å². The van der Waals surface area contributed by atoms with E-state index in [0.29, 0.717) is 11.1 Å². The molecule has 1 heterocycles. The number of piperidine rings is 1. The Morgan fingerprint density at radius 2 is 1.66 bits per heavy atom. The van der Waals surface area contributed by atoms with Crippen LogP contribution in [0.5, 0.6) is 0 Å². The number of aliphatic carboxylic acids is 2. The van der Waals surface area contributed by atoms with Gasteiger partial charge in [0.05, 0.1) is 28.5 Å². The van der Waals surface area contributed by atoms with Gasteiger partial charge in [-0.2, -0.15) is 10.5 Å². The summed E-state index contributed by atoms with van der Waals surface area (Å²) in [6, 6.07) is 18.9. The predicted octanol–water partition coefficient (Wildman–Crippen LogP) is 4.57. The maximum Gasteiger partial charge on any atom is 0.312 e. The zero-order valence-corrected chi connectivity index (χ0v) is 19.8. The van der Waals surface area contributed by atoms with Gasteiger partial charge in [-0.1, -0.05) is 54.6 Å². The van der Waals surface area contributed by atoms with Gasteiger partial charge in [-0.3, -0.25) is 9.59 Å². The highest BCUT2D eigenvalue weighted by Gasteiger charge is 2.66. The lowest BCUT2D eigenvalue weighted by atomic mass is 9.49. The van der Waals surface area contributed by atoms with Crippen molar-refractivity contribution < 1.29 is 19.8 Å². The zero-order valence-electron chi connectivity index (χ0n) is 19.8. The van der Waals surface area contributed by atoms with Crippen molar-refractivity contribution in [2.24, 2.45) is 10.8 Å². The smallest absolute Gasteiger partial charge is 0.312 e. The summed E-state index contributed by atoms with van der Waals surface area (Å²) >= 11 is 0. The predicted molar refractivity (Wildman–Crippen MR) is 131 cm³/mol. The molecule has 3 N–H and O–H groups in total. The molecule has 0 saturated carbocycles. The molecular weight excluding hydrogens is 442 g/mol. The minimum atomic E-state index is -1.59. The molecule has 5 unspecified atom stereocenters. The standard InChI is InChI=1S/C28H29N3O4/c1-19-27(25(32)33,14-7-12-21-9-4-3-5-10-21)24(23-13-6-11-22(17-23)18-30)28(26(34)35,15-8-16-29)20(2)31-19/h3-7,9-13,17,19-20,24,31H,8,14-15H2,1-2H3,(H,32,33)(H,34,35). The van der Waals surface area contributed by atoms with E-state index in [0.717, 1.165) is 5.56 Å². The quantitative estimate of drug-likeness (QED) is 0.513. The first-order valence-electron chi connectivity index (χ1n) is 11.6. The van der Waals surface area contributed by atoms with E-state index in [4.69, 9.17) is 0 Å². The fraction of sp³-hybridized carbons (Fsp3) is 0.357. The molecule has 0 aromatic heterocycles. The lowest BCUT2D eigenvalue weighted by Crippen LogP contribution is -2.69. The molecule has 3 rings (SSSR count). The molecule has 1 fully saturated rings. The second-order valence-corrected chi connectivity index (χ2v) is 9.15. The van der Waals surface area contributed by atoms with E-state index in [2.05, 4.69) is 11.4 Å². The van der Waals surface area contributed by atoms with Gasteiger partial charge in [0, 0.05) is 24.4 Å². The van der Waals surface area contributed by atoms with E-state index in [-0.39, 0.29) is 19.3 Å². The van der Waals surface area contributed by atoms with Crippen LogP contribution in [0.25, 0.3) is 6.08 Å². The normalized spacial score (nSPS) is 28.2. The molecule has 1 aliphatic rings. The molecule has 2 aromatic carbocycles. The van der Waals surface area contributed by atoms with E-state index in [1.807, 2.05) is 42.5 Å². The second-order valence-electron chi connectivity index (χ2n) is 9.15. The third-order valence-electron chi connectivity index (χ3n) is 7.44. The number of rotatable bonds is 8. The molecule has 180 valence electrons. The number of hydrogen-bond donors (Lipinski definition) is 3. The Labute approximate surface area is 205 Å². The summed E-state index contributed by atoms with van der Waals surface area (Å²) in [6.45, 7) is 3.49. The van der Waals surface area contributed by atoms with Gasteiger partial charge in [0.2, 0.25) is 0 Å². The van der Waals surface area contributed by atoms with E-state index in [9.17, 15) is 30.3 Å².